The zero-order valence-electron chi connectivity index (χ0n) is 21.3. The number of aryl methyl sites for hydroxylation is 2. The summed E-state index contributed by atoms with van der Waals surface area (Å²) in [5.74, 6) is 0. The van der Waals surface area contributed by atoms with Crippen molar-refractivity contribution in [3.63, 3.8) is 0 Å². The summed E-state index contributed by atoms with van der Waals surface area (Å²) >= 11 is 0. The number of rotatable bonds is 4. The number of hydrogen-bond acceptors (Lipinski definition) is 3. The lowest BCUT2D eigenvalue weighted by molar-refractivity contribution is 0.0224. The van der Waals surface area contributed by atoms with Gasteiger partial charge in [-0.3, -0.25) is 0 Å². The summed E-state index contributed by atoms with van der Waals surface area (Å²) < 4.78 is 7.85. The van der Waals surface area contributed by atoms with Gasteiger partial charge in [0.15, 0.2) is 0 Å². The Kier molecular flexibility index (Phi) is 5.91. The Morgan fingerprint density at radius 3 is 2.51 bits per heavy atom. The molecule has 0 fully saturated rings. The van der Waals surface area contributed by atoms with Crippen molar-refractivity contribution >= 4 is 17.0 Å². The molecule has 6 heteroatoms. The number of ether oxygens (including phenoxy) is 1. The van der Waals surface area contributed by atoms with Gasteiger partial charge in [-0.2, -0.15) is 5.10 Å². The minimum Gasteiger partial charge on any atom is -0.444 e. The van der Waals surface area contributed by atoms with Crippen LogP contribution in [0.3, 0.4) is 0 Å². The van der Waals surface area contributed by atoms with Crippen LogP contribution in [0.4, 0.5) is 4.79 Å². The molecule has 0 radical (unpaired) electrons. The predicted octanol–water partition coefficient (Wildman–Crippen LogP) is 6.44. The van der Waals surface area contributed by atoms with Gasteiger partial charge in [-0.1, -0.05) is 38.1 Å². The van der Waals surface area contributed by atoms with E-state index in [1.165, 1.54) is 16.8 Å². The standard InChI is InChI=1S/C29H34N4O2/c1-6-19-9-8-10-20(7-2)26(19)33-27(22-11-12-24-21(17-22)13-15-30-24)23-18-32(16-14-25(23)31-33)28(34)35-29(3,4)5/h8-13,15,17,30H,6-7,14,16,18H2,1-5H3. The number of fused-ring (bicyclic) bond motifs is 2. The fraction of sp³-hybridized carbons (Fsp3) is 0.379. The SMILES string of the molecule is CCc1cccc(CC)c1-n1nc2c(c1-c1ccc3[nH]ccc3c1)CN(C(=O)OC(C)(C)C)CC2. The highest BCUT2D eigenvalue weighted by Gasteiger charge is 2.31. The van der Waals surface area contributed by atoms with E-state index in [1.54, 1.807) is 0 Å². The fourth-order valence-electron chi connectivity index (χ4n) is 5.00. The Morgan fingerprint density at radius 2 is 1.83 bits per heavy atom. The maximum Gasteiger partial charge on any atom is 0.410 e. The number of carbonyl (C=O) groups excluding carboxylic acids is 1. The van der Waals surface area contributed by atoms with E-state index < -0.39 is 5.60 Å². The number of aromatic amines is 1. The van der Waals surface area contributed by atoms with Gasteiger partial charge in [0.2, 0.25) is 0 Å². The lowest BCUT2D eigenvalue weighted by Gasteiger charge is -2.30. The molecule has 0 bridgehead atoms. The average Bonchev–Trinajstić information content (AvgIpc) is 3.45. The number of amides is 1. The zero-order valence-corrected chi connectivity index (χ0v) is 21.3. The van der Waals surface area contributed by atoms with Crippen molar-refractivity contribution in [2.24, 2.45) is 0 Å². The highest BCUT2D eigenvalue weighted by Crippen LogP contribution is 2.36. The molecule has 4 aromatic rings. The second-order valence-electron chi connectivity index (χ2n) is 10.2. The number of hydrogen-bond donors (Lipinski definition) is 1. The second-order valence-corrected chi connectivity index (χ2v) is 10.2. The van der Waals surface area contributed by atoms with Crippen molar-refractivity contribution in [2.45, 2.75) is 66.0 Å². The van der Waals surface area contributed by atoms with Gasteiger partial charge in [0, 0.05) is 41.2 Å². The third-order valence-electron chi connectivity index (χ3n) is 6.69. The zero-order chi connectivity index (χ0) is 24.7. The molecular formula is C29H34N4O2. The predicted molar refractivity (Wildman–Crippen MR) is 140 cm³/mol. The van der Waals surface area contributed by atoms with Crippen molar-refractivity contribution < 1.29 is 9.53 Å². The van der Waals surface area contributed by atoms with E-state index in [1.807, 2.05) is 31.9 Å². The molecule has 2 aromatic carbocycles. The third-order valence-corrected chi connectivity index (χ3v) is 6.69. The molecule has 1 aliphatic heterocycles. The molecule has 1 amide bonds. The van der Waals surface area contributed by atoms with E-state index in [4.69, 9.17) is 9.84 Å². The first-order valence-corrected chi connectivity index (χ1v) is 12.6. The van der Waals surface area contributed by atoms with Gasteiger partial charge >= 0.3 is 6.09 Å². The summed E-state index contributed by atoms with van der Waals surface area (Å²) in [6.07, 6.45) is 4.25. The largest absolute Gasteiger partial charge is 0.444 e. The molecule has 0 saturated heterocycles. The highest BCUT2D eigenvalue weighted by atomic mass is 16.6. The minimum absolute atomic E-state index is 0.272. The lowest BCUT2D eigenvalue weighted by atomic mass is 9.98. The van der Waals surface area contributed by atoms with Crippen LogP contribution in [-0.2, 0) is 30.5 Å². The Balaban J connectivity index is 1.70. The summed E-state index contributed by atoms with van der Waals surface area (Å²) in [7, 11) is 0. The van der Waals surface area contributed by atoms with E-state index in [2.05, 4.69) is 66.0 Å². The number of benzene rings is 2. The van der Waals surface area contributed by atoms with Crippen LogP contribution >= 0.6 is 0 Å². The van der Waals surface area contributed by atoms with Crippen molar-refractivity contribution in [3.05, 3.63) is 71.0 Å². The molecule has 35 heavy (non-hydrogen) atoms. The summed E-state index contributed by atoms with van der Waals surface area (Å²) in [4.78, 5) is 18.1. The van der Waals surface area contributed by atoms with Gasteiger partial charge in [0.05, 0.1) is 23.6 Å². The monoisotopic (exact) mass is 470 g/mol. The first-order chi connectivity index (χ1) is 16.8. The topological polar surface area (TPSA) is 63.2 Å². The molecule has 0 spiro atoms. The van der Waals surface area contributed by atoms with Gasteiger partial charge in [-0.05, 0) is 62.9 Å². The molecule has 1 aliphatic rings. The van der Waals surface area contributed by atoms with Gasteiger partial charge in [0.1, 0.15) is 5.60 Å². The number of carbonyl (C=O) groups is 1. The van der Waals surface area contributed by atoms with Crippen LogP contribution in [0.1, 0.15) is 57.0 Å². The maximum atomic E-state index is 13.0. The summed E-state index contributed by atoms with van der Waals surface area (Å²) in [5.41, 5.74) is 8.62. The van der Waals surface area contributed by atoms with E-state index in [0.29, 0.717) is 19.5 Å². The van der Waals surface area contributed by atoms with E-state index >= 15 is 0 Å². The molecule has 2 aromatic heterocycles. The fourth-order valence-corrected chi connectivity index (χ4v) is 5.00. The molecule has 0 atom stereocenters. The summed E-state index contributed by atoms with van der Waals surface area (Å²) in [5, 5.41) is 6.34. The van der Waals surface area contributed by atoms with E-state index in [0.717, 1.165) is 46.3 Å². The van der Waals surface area contributed by atoms with Gasteiger partial charge < -0.3 is 14.6 Å². The third kappa shape index (κ3) is 4.33. The number of para-hydroxylation sites is 1. The van der Waals surface area contributed by atoms with Crippen molar-refractivity contribution in [2.75, 3.05) is 6.54 Å². The molecule has 0 saturated carbocycles. The first-order valence-electron chi connectivity index (χ1n) is 12.6. The highest BCUT2D eigenvalue weighted by molar-refractivity contribution is 5.85. The molecule has 3 heterocycles. The second kappa shape index (κ2) is 8.91. The Morgan fingerprint density at radius 1 is 1.09 bits per heavy atom. The van der Waals surface area contributed by atoms with Crippen molar-refractivity contribution in [1.82, 2.24) is 19.7 Å². The number of nitrogens with one attached hydrogen (secondary N) is 1. The Labute approximate surface area is 206 Å². The molecule has 182 valence electrons. The molecule has 0 unspecified atom stereocenters. The van der Waals surface area contributed by atoms with Crippen LogP contribution in [0.15, 0.2) is 48.7 Å². The van der Waals surface area contributed by atoms with E-state index in [9.17, 15) is 4.79 Å². The first kappa shape index (κ1) is 23.2. The molecule has 5 rings (SSSR count). The van der Waals surface area contributed by atoms with Crippen LogP contribution in [0, 0.1) is 0 Å². The average molecular weight is 471 g/mol. The number of nitrogens with zero attached hydrogens (tertiary/aromatic N) is 3. The molecule has 1 N–H and O–H groups in total. The van der Waals surface area contributed by atoms with Gasteiger partial charge in [-0.25, -0.2) is 9.48 Å². The van der Waals surface area contributed by atoms with Crippen molar-refractivity contribution in [1.29, 1.82) is 0 Å². The van der Waals surface area contributed by atoms with Crippen LogP contribution in [0.2, 0.25) is 0 Å². The van der Waals surface area contributed by atoms with Crippen LogP contribution in [0.5, 0.6) is 0 Å². The van der Waals surface area contributed by atoms with Crippen LogP contribution in [0.25, 0.3) is 27.8 Å². The number of aromatic nitrogens is 3. The van der Waals surface area contributed by atoms with Crippen molar-refractivity contribution in [3.8, 4) is 16.9 Å². The van der Waals surface area contributed by atoms with Gasteiger partial charge in [-0.15, -0.1) is 0 Å². The Bertz CT molecular complexity index is 1370. The quantitative estimate of drug-likeness (QED) is 0.373. The normalized spacial score (nSPS) is 13.8. The maximum absolute atomic E-state index is 13.0. The molecular weight excluding hydrogens is 436 g/mol. The Hall–Kier alpha value is -3.54. The molecule has 6 nitrogen and oxygen atoms in total. The summed E-state index contributed by atoms with van der Waals surface area (Å²) in [6.45, 7) is 11.2. The lowest BCUT2D eigenvalue weighted by Crippen LogP contribution is -2.39. The minimum atomic E-state index is -0.528. The van der Waals surface area contributed by atoms with Crippen LogP contribution in [-0.4, -0.2) is 37.9 Å². The van der Waals surface area contributed by atoms with Gasteiger partial charge in [0.25, 0.3) is 0 Å². The van der Waals surface area contributed by atoms with Crippen LogP contribution < -0.4 is 0 Å². The summed E-state index contributed by atoms with van der Waals surface area (Å²) in [6, 6.07) is 15.1. The smallest absolute Gasteiger partial charge is 0.410 e. The molecule has 0 aliphatic carbocycles. The van der Waals surface area contributed by atoms with E-state index in [-0.39, 0.29) is 6.09 Å². The number of H-pyrrole nitrogens is 1.